The number of aromatic nitrogens is 5. The van der Waals surface area contributed by atoms with Crippen LogP contribution in [0.5, 0.6) is 5.75 Å². The standard InChI is InChI=1S/C25H21F3N6O4/c26-22-15(14-2-1-7-33(13-14)21(35)4-8-34-9-6-30-32-34)10-16(17-11-19(24(36)37)31-23(17)22)18-12-29-5-3-20(18)38-25(27)28/h2-3,5-6,9-12,25,31H,1,4,7-8,13H2,(H,36,37). The summed E-state index contributed by atoms with van der Waals surface area (Å²) in [6.07, 6.45) is 8.16. The summed E-state index contributed by atoms with van der Waals surface area (Å²) in [7, 11) is 0. The molecule has 0 saturated carbocycles. The topological polar surface area (TPSA) is 126 Å². The van der Waals surface area contributed by atoms with Gasteiger partial charge in [0.2, 0.25) is 5.91 Å². The van der Waals surface area contributed by atoms with Gasteiger partial charge in [0, 0.05) is 54.6 Å². The van der Waals surface area contributed by atoms with Gasteiger partial charge in [-0.1, -0.05) is 11.3 Å². The largest absolute Gasteiger partial charge is 0.477 e. The summed E-state index contributed by atoms with van der Waals surface area (Å²) in [5, 5.41) is 17.2. The number of carboxylic acid groups (broad SMARTS) is 1. The molecule has 0 atom stereocenters. The number of halogens is 3. The summed E-state index contributed by atoms with van der Waals surface area (Å²) in [5.41, 5.74) is 0.591. The molecule has 4 aromatic rings. The lowest BCUT2D eigenvalue weighted by molar-refractivity contribution is -0.131. The van der Waals surface area contributed by atoms with Crippen molar-refractivity contribution in [2.45, 2.75) is 26.0 Å². The number of hydrogen-bond donors (Lipinski definition) is 2. The molecule has 1 amide bonds. The minimum atomic E-state index is -3.12. The highest BCUT2D eigenvalue weighted by Gasteiger charge is 2.26. The third kappa shape index (κ3) is 4.94. The molecule has 13 heteroatoms. The lowest BCUT2D eigenvalue weighted by Crippen LogP contribution is -2.36. The lowest BCUT2D eigenvalue weighted by atomic mass is 9.93. The van der Waals surface area contributed by atoms with Crippen LogP contribution in [0, 0.1) is 5.82 Å². The molecular formula is C25H21F3N6O4. The van der Waals surface area contributed by atoms with Gasteiger partial charge >= 0.3 is 12.6 Å². The molecule has 2 N–H and O–H groups in total. The maximum atomic E-state index is 15.8. The number of pyridine rings is 1. The Morgan fingerprint density at radius 2 is 2.03 bits per heavy atom. The van der Waals surface area contributed by atoms with Gasteiger partial charge in [-0.3, -0.25) is 14.5 Å². The average Bonchev–Trinajstić information content (AvgIpc) is 3.59. The molecule has 10 nitrogen and oxygen atoms in total. The number of carbonyl (C=O) groups is 2. The van der Waals surface area contributed by atoms with E-state index in [2.05, 4.69) is 25.0 Å². The Kier molecular flexibility index (Phi) is 6.81. The number of aromatic amines is 1. The second-order valence-electron chi connectivity index (χ2n) is 8.56. The number of alkyl halides is 2. The van der Waals surface area contributed by atoms with E-state index < -0.39 is 18.4 Å². The number of amides is 1. The fourth-order valence-electron chi connectivity index (χ4n) is 4.49. The zero-order valence-corrected chi connectivity index (χ0v) is 19.8. The van der Waals surface area contributed by atoms with Crippen molar-refractivity contribution in [3.8, 4) is 16.9 Å². The Morgan fingerprint density at radius 3 is 2.76 bits per heavy atom. The number of ether oxygens (including phenoxy) is 1. The van der Waals surface area contributed by atoms with Crippen molar-refractivity contribution in [1.29, 1.82) is 0 Å². The number of carboxylic acids is 1. The van der Waals surface area contributed by atoms with Crippen LogP contribution >= 0.6 is 0 Å². The van der Waals surface area contributed by atoms with Crippen molar-refractivity contribution >= 4 is 28.4 Å². The van der Waals surface area contributed by atoms with Crippen molar-refractivity contribution in [2.75, 3.05) is 13.1 Å². The SMILES string of the molecule is O=C(O)c1cc2c(-c3cnccc3OC(F)F)cc(C3=CCCN(C(=O)CCn4ccnn4)C3)c(F)c2[nH]1. The zero-order valence-electron chi connectivity index (χ0n) is 19.8. The van der Waals surface area contributed by atoms with E-state index in [9.17, 15) is 23.5 Å². The van der Waals surface area contributed by atoms with Crippen LogP contribution in [0.25, 0.3) is 27.6 Å². The molecule has 3 aromatic heterocycles. The highest BCUT2D eigenvalue weighted by atomic mass is 19.3. The Bertz CT molecular complexity index is 1530. The molecule has 1 aromatic carbocycles. The van der Waals surface area contributed by atoms with Crippen LogP contribution < -0.4 is 4.74 Å². The van der Waals surface area contributed by atoms with Gasteiger partial charge in [0.25, 0.3) is 0 Å². The van der Waals surface area contributed by atoms with Gasteiger partial charge in [-0.15, -0.1) is 5.10 Å². The fraction of sp³-hybridized carbons (Fsp3) is 0.240. The molecular weight excluding hydrogens is 505 g/mol. The van der Waals surface area contributed by atoms with Crippen LogP contribution in [0.1, 0.15) is 28.9 Å². The van der Waals surface area contributed by atoms with Gasteiger partial charge < -0.3 is 19.7 Å². The number of aromatic carboxylic acids is 1. The maximum Gasteiger partial charge on any atom is 0.387 e. The first-order valence-corrected chi connectivity index (χ1v) is 11.6. The summed E-state index contributed by atoms with van der Waals surface area (Å²) >= 11 is 0. The highest BCUT2D eigenvalue weighted by molar-refractivity contribution is 6.03. The van der Waals surface area contributed by atoms with E-state index in [-0.39, 0.29) is 57.9 Å². The second kappa shape index (κ2) is 10.4. The van der Waals surface area contributed by atoms with Gasteiger partial charge in [0.15, 0.2) is 5.82 Å². The molecule has 0 radical (unpaired) electrons. The van der Waals surface area contributed by atoms with Crippen LogP contribution in [0.4, 0.5) is 13.2 Å². The summed E-state index contributed by atoms with van der Waals surface area (Å²) in [5.74, 6) is -2.39. The van der Waals surface area contributed by atoms with Crippen molar-refractivity contribution in [3.05, 3.63) is 66.1 Å². The van der Waals surface area contributed by atoms with E-state index in [1.807, 2.05) is 0 Å². The van der Waals surface area contributed by atoms with Gasteiger partial charge in [-0.2, -0.15) is 8.78 Å². The fourth-order valence-corrected chi connectivity index (χ4v) is 4.49. The molecule has 5 rings (SSSR count). The molecule has 4 heterocycles. The number of nitrogens with one attached hydrogen (secondary N) is 1. The summed E-state index contributed by atoms with van der Waals surface area (Å²) in [6, 6.07) is 3.92. The number of fused-ring (bicyclic) bond motifs is 1. The number of carbonyl (C=O) groups excluding carboxylic acids is 1. The number of benzene rings is 1. The molecule has 0 aliphatic carbocycles. The monoisotopic (exact) mass is 526 g/mol. The minimum absolute atomic E-state index is 0.104. The van der Waals surface area contributed by atoms with Crippen molar-refractivity contribution in [3.63, 3.8) is 0 Å². The Morgan fingerprint density at radius 1 is 1.18 bits per heavy atom. The average molecular weight is 526 g/mol. The number of nitrogens with zero attached hydrogens (tertiary/aromatic N) is 5. The van der Waals surface area contributed by atoms with E-state index in [1.165, 1.54) is 41.5 Å². The smallest absolute Gasteiger partial charge is 0.387 e. The van der Waals surface area contributed by atoms with E-state index in [4.69, 9.17) is 0 Å². The van der Waals surface area contributed by atoms with Crippen molar-refractivity contribution < 1.29 is 32.6 Å². The van der Waals surface area contributed by atoms with Gasteiger partial charge in [-0.05, 0) is 35.8 Å². The lowest BCUT2D eigenvalue weighted by Gasteiger charge is -2.28. The summed E-state index contributed by atoms with van der Waals surface area (Å²) < 4.78 is 48.2. The third-order valence-corrected chi connectivity index (χ3v) is 6.25. The van der Waals surface area contributed by atoms with E-state index >= 15 is 4.39 Å². The molecule has 0 fully saturated rings. The van der Waals surface area contributed by atoms with E-state index in [0.29, 0.717) is 25.1 Å². The molecule has 38 heavy (non-hydrogen) atoms. The number of aryl methyl sites for hydroxylation is 1. The minimum Gasteiger partial charge on any atom is -0.477 e. The zero-order chi connectivity index (χ0) is 26.8. The third-order valence-electron chi connectivity index (χ3n) is 6.25. The summed E-state index contributed by atoms with van der Waals surface area (Å²) in [4.78, 5) is 32.7. The molecule has 0 saturated heterocycles. The van der Waals surface area contributed by atoms with E-state index in [1.54, 1.807) is 17.2 Å². The summed E-state index contributed by atoms with van der Waals surface area (Å²) in [6.45, 7) is -2.23. The van der Waals surface area contributed by atoms with Crippen LogP contribution in [0.15, 0.2) is 49.1 Å². The Labute approximate surface area is 213 Å². The number of hydrogen-bond acceptors (Lipinski definition) is 6. The van der Waals surface area contributed by atoms with Crippen LogP contribution in [-0.4, -0.2) is 66.5 Å². The molecule has 196 valence electrons. The van der Waals surface area contributed by atoms with Crippen LogP contribution in [-0.2, 0) is 11.3 Å². The Hall–Kier alpha value is -4.68. The normalized spacial score (nSPS) is 13.7. The van der Waals surface area contributed by atoms with Crippen LogP contribution in [0.3, 0.4) is 0 Å². The predicted octanol–water partition coefficient (Wildman–Crippen LogP) is 3.97. The first-order valence-electron chi connectivity index (χ1n) is 11.6. The maximum absolute atomic E-state index is 15.8. The van der Waals surface area contributed by atoms with Gasteiger partial charge in [-0.25, -0.2) is 9.18 Å². The molecule has 1 aliphatic heterocycles. The quantitative estimate of drug-likeness (QED) is 0.356. The highest BCUT2D eigenvalue weighted by Crippen LogP contribution is 2.40. The molecule has 0 bridgehead atoms. The van der Waals surface area contributed by atoms with Gasteiger partial charge in [0.05, 0.1) is 18.3 Å². The van der Waals surface area contributed by atoms with Crippen molar-refractivity contribution in [1.82, 2.24) is 29.9 Å². The molecule has 0 unspecified atom stereocenters. The van der Waals surface area contributed by atoms with Crippen molar-refractivity contribution in [2.24, 2.45) is 0 Å². The Balaban J connectivity index is 1.55. The van der Waals surface area contributed by atoms with Crippen LogP contribution in [0.2, 0.25) is 0 Å². The van der Waals surface area contributed by atoms with Gasteiger partial charge in [0.1, 0.15) is 11.4 Å². The second-order valence-corrected chi connectivity index (χ2v) is 8.56. The molecule has 1 aliphatic rings. The number of H-pyrrole nitrogens is 1. The number of rotatable bonds is 8. The first kappa shape index (κ1) is 25.0. The first-order chi connectivity index (χ1) is 18.3. The molecule has 0 spiro atoms. The van der Waals surface area contributed by atoms with E-state index in [0.717, 1.165) is 0 Å². The predicted molar refractivity (Wildman–Crippen MR) is 129 cm³/mol.